The highest BCUT2D eigenvalue weighted by Gasteiger charge is 2.06. The fourth-order valence-electron chi connectivity index (χ4n) is 0.673. The number of hydrogen-bond acceptors (Lipinski definition) is 4. The van der Waals surface area contributed by atoms with Gasteiger partial charge in [-0.1, -0.05) is 0 Å². The molecule has 0 spiro atoms. The standard InChI is InChI=1S/C6H15NO3/c1-3-9-6(4-8-2)5-10-7/h6H,3-5,7H2,1-2H3. The Morgan fingerprint density at radius 1 is 1.40 bits per heavy atom. The molecule has 0 fully saturated rings. The van der Waals surface area contributed by atoms with E-state index in [1.807, 2.05) is 6.92 Å². The highest BCUT2D eigenvalue weighted by atomic mass is 16.6. The summed E-state index contributed by atoms with van der Waals surface area (Å²) in [6, 6.07) is 0. The van der Waals surface area contributed by atoms with Crippen molar-refractivity contribution in [3.63, 3.8) is 0 Å². The first-order valence-corrected chi connectivity index (χ1v) is 3.27. The van der Waals surface area contributed by atoms with Crippen LogP contribution in [0, 0.1) is 0 Å². The quantitative estimate of drug-likeness (QED) is 0.537. The molecule has 2 N–H and O–H groups in total. The molecule has 1 unspecified atom stereocenters. The Balaban J connectivity index is 3.30. The monoisotopic (exact) mass is 149 g/mol. The lowest BCUT2D eigenvalue weighted by Crippen LogP contribution is -2.26. The third-order valence-corrected chi connectivity index (χ3v) is 1.04. The number of rotatable bonds is 6. The van der Waals surface area contributed by atoms with Crippen molar-refractivity contribution in [2.24, 2.45) is 5.90 Å². The molecule has 0 aliphatic rings. The molecule has 4 heteroatoms. The van der Waals surface area contributed by atoms with Crippen LogP contribution in [0.1, 0.15) is 6.92 Å². The molecule has 62 valence electrons. The summed E-state index contributed by atoms with van der Waals surface area (Å²) in [6.45, 7) is 3.46. The molecule has 0 radical (unpaired) electrons. The molecule has 0 heterocycles. The molecule has 0 saturated carbocycles. The summed E-state index contributed by atoms with van der Waals surface area (Å²) in [4.78, 5) is 4.40. The van der Waals surface area contributed by atoms with Gasteiger partial charge in [-0.05, 0) is 6.92 Å². The highest BCUT2D eigenvalue weighted by Crippen LogP contribution is 1.91. The van der Waals surface area contributed by atoms with E-state index in [0.717, 1.165) is 0 Å². The maximum Gasteiger partial charge on any atom is 0.106 e. The van der Waals surface area contributed by atoms with Crippen LogP contribution in [0.4, 0.5) is 0 Å². The van der Waals surface area contributed by atoms with Crippen LogP contribution in [0.3, 0.4) is 0 Å². The van der Waals surface area contributed by atoms with Crippen molar-refractivity contribution in [2.75, 3.05) is 26.9 Å². The van der Waals surface area contributed by atoms with E-state index in [9.17, 15) is 0 Å². The van der Waals surface area contributed by atoms with Gasteiger partial charge in [0.15, 0.2) is 0 Å². The van der Waals surface area contributed by atoms with Crippen LogP contribution in [0.15, 0.2) is 0 Å². The molecule has 0 rings (SSSR count). The minimum absolute atomic E-state index is 0.0417. The largest absolute Gasteiger partial charge is 0.382 e. The summed E-state index contributed by atoms with van der Waals surface area (Å²) < 4.78 is 10.0. The van der Waals surface area contributed by atoms with E-state index in [4.69, 9.17) is 15.4 Å². The predicted octanol–water partition coefficient (Wildman–Crippen LogP) is -0.0718. The predicted molar refractivity (Wildman–Crippen MR) is 37.4 cm³/mol. The van der Waals surface area contributed by atoms with Gasteiger partial charge in [-0.15, -0.1) is 0 Å². The lowest BCUT2D eigenvalue weighted by molar-refractivity contribution is -0.0478. The summed E-state index contributed by atoms with van der Waals surface area (Å²) >= 11 is 0. The van der Waals surface area contributed by atoms with Crippen molar-refractivity contribution >= 4 is 0 Å². The van der Waals surface area contributed by atoms with Crippen molar-refractivity contribution in [3.8, 4) is 0 Å². The molecule has 0 aliphatic heterocycles. The van der Waals surface area contributed by atoms with Gasteiger partial charge in [-0.3, -0.25) is 0 Å². The van der Waals surface area contributed by atoms with Gasteiger partial charge in [-0.2, -0.15) is 0 Å². The van der Waals surface area contributed by atoms with E-state index < -0.39 is 0 Å². The number of nitrogens with two attached hydrogens (primary N) is 1. The summed E-state index contributed by atoms with van der Waals surface area (Å²) in [5.74, 6) is 4.85. The van der Waals surface area contributed by atoms with Crippen LogP contribution in [0.25, 0.3) is 0 Å². The van der Waals surface area contributed by atoms with Gasteiger partial charge in [-0.25, -0.2) is 5.90 Å². The van der Waals surface area contributed by atoms with Crippen LogP contribution in [-0.2, 0) is 14.3 Å². The molecule has 0 aliphatic carbocycles. The average Bonchev–Trinajstić information content (AvgIpc) is 1.90. The van der Waals surface area contributed by atoms with Crippen LogP contribution in [0.2, 0.25) is 0 Å². The Kier molecular flexibility index (Phi) is 6.84. The normalized spacial score (nSPS) is 13.5. The van der Waals surface area contributed by atoms with Crippen molar-refractivity contribution in [1.29, 1.82) is 0 Å². The first kappa shape index (κ1) is 9.84. The molecule has 0 amide bonds. The molecule has 4 nitrogen and oxygen atoms in total. The minimum Gasteiger partial charge on any atom is -0.382 e. The molecule has 0 aromatic heterocycles. The Morgan fingerprint density at radius 2 is 2.10 bits per heavy atom. The van der Waals surface area contributed by atoms with Gasteiger partial charge in [0.25, 0.3) is 0 Å². The summed E-state index contributed by atoms with van der Waals surface area (Å²) in [5.41, 5.74) is 0. The summed E-state index contributed by atoms with van der Waals surface area (Å²) in [6.07, 6.45) is -0.0417. The Bertz CT molecular complexity index is 55.7. The van der Waals surface area contributed by atoms with Crippen molar-refractivity contribution < 1.29 is 14.3 Å². The van der Waals surface area contributed by atoms with E-state index in [0.29, 0.717) is 19.8 Å². The topological polar surface area (TPSA) is 53.7 Å². The molecular formula is C6H15NO3. The second-order valence-electron chi connectivity index (χ2n) is 1.87. The van der Waals surface area contributed by atoms with E-state index in [1.54, 1.807) is 7.11 Å². The molecule has 0 aromatic rings. The van der Waals surface area contributed by atoms with E-state index >= 15 is 0 Å². The van der Waals surface area contributed by atoms with Gasteiger partial charge in [0.1, 0.15) is 6.10 Å². The maximum atomic E-state index is 5.19. The lowest BCUT2D eigenvalue weighted by Gasteiger charge is -2.13. The van der Waals surface area contributed by atoms with Crippen molar-refractivity contribution in [3.05, 3.63) is 0 Å². The molecule has 0 aromatic carbocycles. The fraction of sp³-hybridized carbons (Fsp3) is 1.00. The average molecular weight is 149 g/mol. The smallest absolute Gasteiger partial charge is 0.106 e. The van der Waals surface area contributed by atoms with E-state index in [-0.39, 0.29) is 6.10 Å². The molecule has 1 atom stereocenters. The number of ether oxygens (including phenoxy) is 2. The second kappa shape index (κ2) is 6.95. The third kappa shape index (κ3) is 4.69. The first-order valence-electron chi connectivity index (χ1n) is 3.27. The van der Waals surface area contributed by atoms with Crippen LogP contribution in [0.5, 0.6) is 0 Å². The molecule has 10 heavy (non-hydrogen) atoms. The number of hydrogen-bond donors (Lipinski definition) is 1. The van der Waals surface area contributed by atoms with Gasteiger partial charge < -0.3 is 14.3 Å². The zero-order valence-corrected chi connectivity index (χ0v) is 6.50. The van der Waals surface area contributed by atoms with Gasteiger partial charge >= 0.3 is 0 Å². The Labute approximate surface area is 61.2 Å². The molecule has 0 saturated heterocycles. The van der Waals surface area contributed by atoms with Crippen LogP contribution >= 0.6 is 0 Å². The summed E-state index contributed by atoms with van der Waals surface area (Å²) in [5, 5.41) is 0. The third-order valence-electron chi connectivity index (χ3n) is 1.04. The highest BCUT2D eigenvalue weighted by molar-refractivity contribution is 4.52. The van der Waals surface area contributed by atoms with Crippen molar-refractivity contribution in [1.82, 2.24) is 0 Å². The summed E-state index contributed by atoms with van der Waals surface area (Å²) in [7, 11) is 1.61. The molecular weight excluding hydrogens is 134 g/mol. The second-order valence-corrected chi connectivity index (χ2v) is 1.87. The fourth-order valence-corrected chi connectivity index (χ4v) is 0.673. The zero-order valence-electron chi connectivity index (χ0n) is 6.50. The van der Waals surface area contributed by atoms with Crippen LogP contribution in [-0.4, -0.2) is 33.0 Å². The maximum absolute atomic E-state index is 5.19. The SMILES string of the molecule is CCOC(COC)CON. The molecule has 0 bridgehead atoms. The van der Waals surface area contributed by atoms with Gasteiger partial charge in [0.2, 0.25) is 0 Å². The number of methoxy groups -OCH3 is 1. The zero-order chi connectivity index (χ0) is 7.82. The lowest BCUT2D eigenvalue weighted by atomic mass is 10.4. The van der Waals surface area contributed by atoms with E-state index in [2.05, 4.69) is 4.84 Å². The first-order chi connectivity index (χ1) is 4.85. The van der Waals surface area contributed by atoms with Crippen LogP contribution < -0.4 is 5.90 Å². The van der Waals surface area contributed by atoms with Gasteiger partial charge in [0, 0.05) is 13.7 Å². The Morgan fingerprint density at radius 3 is 2.50 bits per heavy atom. The minimum atomic E-state index is -0.0417. The van der Waals surface area contributed by atoms with E-state index in [1.165, 1.54) is 0 Å². The van der Waals surface area contributed by atoms with Crippen molar-refractivity contribution in [2.45, 2.75) is 13.0 Å². The Hall–Kier alpha value is -0.160. The van der Waals surface area contributed by atoms with Gasteiger partial charge in [0.05, 0.1) is 13.2 Å².